The molecule has 116 valence electrons. The second kappa shape index (κ2) is 6.80. The highest BCUT2D eigenvalue weighted by molar-refractivity contribution is 7.81. The minimum atomic E-state index is -0.972. The average molecular weight is 302 g/mol. The lowest BCUT2D eigenvalue weighted by atomic mass is 9.86. The van der Waals surface area contributed by atoms with Crippen molar-refractivity contribution in [1.82, 2.24) is 5.32 Å². The molecular formula is C14H26N2O3S. The lowest BCUT2D eigenvalue weighted by molar-refractivity contribution is -0.138. The summed E-state index contributed by atoms with van der Waals surface area (Å²) in [5, 5.41) is 11.6. The molecule has 1 amide bonds. The molecule has 1 aliphatic carbocycles. The predicted molar refractivity (Wildman–Crippen MR) is 81.8 cm³/mol. The molecule has 1 saturated carbocycles. The van der Waals surface area contributed by atoms with E-state index in [-0.39, 0.29) is 16.1 Å². The Hall–Kier alpha value is -0.750. The number of thiol groups is 1. The molecule has 0 radical (unpaired) electrons. The van der Waals surface area contributed by atoms with E-state index in [0.717, 1.165) is 25.7 Å². The van der Waals surface area contributed by atoms with Crippen molar-refractivity contribution in [3.8, 4) is 0 Å². The number of nitrogens with two attached hydrogens (primary N) is 1. The van der Waals surface area contributed by atoms with Crippen molar-refractivity contribution < 1.29 is 14.7 Å². The van der Waals surface area contributed by atoms with E-state index in [1.165, 1.54) is 0 Å². The van der Waals surface area contributed by atoms with E-state index in [9.17, 15) is 9.59 Å². The van der Waals surface area contributed by atoms with Crippen LogP contribution >= 0.6 is 12.6 Å². The summed E-state index contributed by atoms with van der Waals surface area (Å²) in [5.41, 5.74) is 5.09. The molecule has 20 heavy (non-hydrogen) atoms. The zero-order valence-electron chi connectivity index (χ0n) is 12.3. The third-order valence-electron chi connectivity index (χ3n) is 4.08. The number of carboxylic acids is 1. The first-order valence-corrected chi connectivity index (χ1v) is 7.60. The van der Waals surface area contributed by atoms with Crippen LogP contribution < -0.4 is 11.1 Å². The minimum Gasteiger partial charge on any atom is -0.480 e. The van der Waals surface area contributed by atoms with Crippen LogP contribution in [0.15, 0.2) is 0 Å². The summed E-state index contributed by atoms with van der Waals surface area (Å²) in [5.74, 6) is -0.890. The monoisotopic (exact) mass is 302 g/mol. The summed E-state index contributed by atoms with van der Waals surface area (Å²) in [6.45, 7) is 4.64. The van der Waals surface area contributed by atoms with Gasteiger partial charge in [-0.15, -0.1) is 0 Å². The molecule has 0 spiro atoms. The van der Waals surface area contributed by atoms with Crippen molar-refractivity contribution in [3.63, 3.8) is 0 Å². The Morgan fingerprint density at radius 3 is 2.50 bits per heavy atom. The molecule has 4 N–H and O–H groups in total. The summed E-state index contributed by atoms with van der Waals surface area (Å²) >= 11 is 4.57. The van der Waals surface area contributed by atoms with Gasteiger partial charge in [-0.05, 0) is 38.5 Å². The number of nitrogens with one attached hydrogen (secondary N) is 1. The highest BCUT2D eigenvalue weighted by Crippen LogP contribution is 2.47. The van der Waals surface area contributed by atoms with Crippen LogP contribution in [-0.4, -0.2) is 34.3 Å². The summed E-state index contributed by atoms with van der Waals surface area (Å²) < 4.78 is -0.0552. The molecule has 0 heterocycles. The van der Waals surface area contributed by atoms with E-state index in [2.05, 4.69) is 24.9 Å². The SMILES string of the molecule is CC1(S)CCC(C)(C(=O)NCCCCC(N)C(=O)O)C1. The van der Waals surface area contributed by atoms with Gasteiger partial charge in [-0.3, -0.25) is 9.59 Å². The lowest BCUT2D eigenvalue weighted by Gasteiger charge is -2.25. The number of unbranched alkanes of at least 4 members (excludes halogenated alkanes) is 1. The van der Waals surface area contributed by atoms with Gasteiger partial charge >= 0.3 is 5.97 Å². The van der Waals surface area contributed by atoms with Crippen LogP contribution in [0.1, 0.15) is 52.4 Å². The van der Waals surface area contributed by atoms with Crippen molar-refractivity contribution in [2.75, 3.05) is 6.54 Å². The van der Waals surface area contributed by atoms with Gasteiger partial charge in [0.1, 0.15) is 6.04 Å². The van der Waals surface area contributed by atoms with Gasteiger partial charge in [-0.25, -0.2) is 0 Å². The van der Waals surface area contributed by atoms with Crippen molar-refractivity contribution >= 4 is 24.5 Å². The molecule has 0 aliphatic heterocycles. The van der Waals surface area contributed by atoms with E-state index < -0.39 is 12.0 Å². The maximum absolute atomic E-state index is 12.2. The summed E-state index contributed by atoms with van der Waals surface area (Å²) in [6, 6.07) is -0.803. The van der Waals surface area contributed by atoms with Crippen LogP contribution in [0.25, 0.3) is 0 Å². The van der Waals surface area contributed by atoms with Gasteiger partial charge in [0, 0.05) is 16.7 Å². The summed E-state index contributed by atoms with van der Waals surface area (Å²) in [4.78, 5) is 22.7. The number of carbonyl (C=O) groups is 2. The molecule has 0 bridgehead atoms. The lowest BCUT2D eigenvalue weighted by Crippen LogP contribution is -2.38. The predicted octanol–water partition coefficient (Wildman–Crippen LogP) is 1.56. The van der Waals surface area contributed by atoms with Crippen LogP contribution in [0.2, 0.25) is 0 Å². The normalized spacial score (nSPS) is 31.0. The molecule has 6 heteroatoms. The average Bonchev–Trinajstić information content (AvgIpc) is 2.63. The van der Waals surface area contributed by atoms with Gasteiger partial charge in [-0.1, -0.05) is 13.8 Å². The van der Waals surface area contributed by atoms with Crippen LogP contribution in [0.3, 0.4) is 0 Å². The van der Waals surface area contributed by atoms with Crippen molar-refractivity contribution in [3.05, 3.63) is 0 Å². The fourth-order valence-electron chi connectivity index (χ4n) is 2.78. The standard InChI is InChI=1S/C14H26N2O3S/c1-13(6-7-14(2,20)9-13)12(19)16-8-4-3-5-10(15)11(17)18/h10,20H,3-9,15H2,1-2H3,(H,16,19)(H,17,18). The number of aliphatic carboxylic acids is 1. The quantitative estimate of drug-likeness (QED) is 0.424. The van der Waals surface area contributed by atoms with Gasteiger partial charge in [0.05, 0.1) is 0 Å². The molecular weight excluding hydrogens is 276 g/mol. The molecule has 0 aromatic heterocycles. The van der Waals surface area contributed by atoms with Gasteiger partial charge in [-0.2, -0.15) is 12.6 Å². The van der Waals surface area contributed by atoms with Crippen LogP contribution in [-0.2, 0) is 9.59 Å². The number of carbonyl (C=O) groups excluding carboxylic acids is 1. The highest BCUT2D eigenvalue weighted by atomic mass is 32.1. The Balaban J connectivity index is 2.23. The second-order valence-corrected chi connectivity index (χ2v) is 7.51. The first-order chi connectivity index (χ1) is 9.16. The van der Waals surface area contributed by atoms with Gasteiger partial charge < -0.3 is 16.2 Å². The van der Waals surface area contributed by atoms with Crippen LogP contribution in [0, 0.1) is 5.41 Å². The maximum atomic E-state index is 12.2. The zero-order chi connectivity index (χ0) is 15.4. The Bertz CT molecular complexity index is 373. The van der Waals surface area contributed by atoms with Gasteiger partial charge in [0.2, 0.25) is 5.91 Å². The fraction of sp³-hybridized carbons (Fsp3) is 0.857. The fourth-order valence-corrected chi connectivity index (χ4v) is 3.25. The van der Waals surface area contributed by atoms with Crippen molar-refractivity contribution in [2.45, 2.75) is 63.2 Å². The maximum Gasteiger partial charge on any atom is 0.320 e. The number of hydrogen-bond donors (Lipinski definition) is 4. The topological polar surface area (TPSA) is 92.4 Å². The molecule has 3 atom stereocenters. The molecule has 1 aliphatic rings. The summed E-state index contributed by atoms with van der Waals surface area (Å²) in [7, 11) is 0. The number of hydrogen-bond acceptors (Lipinski definition) is 4. The molecule has 0 saturated heterocycles. The molecule has 3 unspecified atom stereocenters. The molecule has 0 aromatic carbocycles. The smallest absolute Gasteiger partial charge is 0.320 e. The van der Waals surface area contributed by atoms with Crippen LogP contribution in [0.5, 0.6) is 0 Å². The van der Waals surface area contributed by atoms with Gasteiger partial charge in [0.15, 0.2) is 0 Å². The molecule has 1 fully saturated rings. The second-order valence-electron chi connectivity index (χ2n) is 6.43. The van der Waals surface area contributed by atoms with Crippen molar-refractivity contribution in [1.29, 1.82) is 0 Å². The number of amides is 1. The minimum absolute atomic E-state index is 0.0552. The van der Waals surface area contributed by atoms with Gasteiger partial charge in [0.25, 0.3) is 0 Å². The van der Waals surface area contributed by atoms with E-state index in [4.69, 9.17) is 10.8 Å². The molecule has 5 nitrogen and oxygen atoms in total. The van der Waals surface area contributed by atoms with Crippen molar-refractivity contribution in [2.24, 2.45) is 11.1 Å². The third kappa shape index (κ3) is 4.98. The molecule has 0 aromatic rings. The molecule has 1 rings (SSSR count). The van der Waals surface area contributed by atoms with Crippen LogP contribution in [0.4, 0.5) is 0 Å². The Morgan fingerprint density at radius 2 is 2.00 bits per heavy atom. The Labute approximate surface area is 126 Å². The Morgan fingerprint density at radius 1 is 1.35 bits per heavy atom. The first kappa shape index (κ1) is 17.3. The third-order valence-corrected chi connectivity index (χ3v) is 4.46. The first-order valence-electron chi connectivity index (χ1n) is 7.15. The highest BCUT2D eigenvalue weighted by Gasteiger charge is 2.45. The number of carboxylic acid groups (broad SMARTS) is 1. The van der Waals surface area contributed by atoms with E-state index >= 15 is 0 Å². The zero-order valence-corrected chi connectivity index (χ0v) is 13.2. The van der Waals surface area contributed by atoms with E-state index in [1.54, 1.807) is 0 Å². The summed E-state index contributed by atoms with van der Waals surface area (Å²) in [6.07, 6.45) is 4.50. The largest absolute Gasteiger partial charge is 0.480 e. The Kier molecular flexibility index (Phi) is 5.89. The van der Waals surface area contributed by atoms with E-state index in [0.29, 0.717) is 19.4 Å². The van der Waals surface area contributed by atoms with E-state index in [1.807, 2.05) is 6.92 Å². The number of rotatable bonds is 7.